The van der Waals surface area contributed by atoms with Crippen LogP contribution in [0.2, 0.25) is 0 Å². The van der Waals surface area contributed by atoms with Gasteiger partial charge in [-0.1, -0.05) is 0 Å². The van der Waals surface area contributed by atoms with E-state index in [1.54, 1.807) is 0 Å². The minimum Gasteiger partial charge on any atom is -0.476 e. The van der Waals surface area contributed by atoms with Gasteiger partial charge in [0.05, 0.1) is 18.7 Å². The lowest BCUT2D eigenvalue weighted by Crippen LogP contribution is -2.46. The van der Waals surface area contributed by atoms with Crippen LogP contribution in [0.4, 0.5) is 4.79 Å². The fourth-order valence-electron chi connectivity index (χ4n) is 2.52. The largest absolute Gasteiger partial charge is 0.476 e. The molecule has 0 bridgehead atoms. The Balaban J connectivity index is 1.46. The molecule has 1 aromatic rings. The number of aromatic carboxylic acids is 1. The van der Waals surface area contributed by atoms with Crippen molar-refractivity contribution in [2.45, 2.75) is 38.0 Å². The second kappa shape index (κ2) is 5.98. The molecule has 1 saturated carbocycles. The molecule has 2 heterocycles. The zero-order valence-electron chi connectivity index (χ0n) is 11.4. The number of carboxylic acid groups (broad SMARTS) is 1. The van der Waals surface area contributed by atoms with Crippen molar-refractivity contribution < 1.29 is 19.4 Å². The summed E-state index contributed by atoms with van der Waals surface area (Å²) in [4.78, 5) is 26.5. The minimum atomic E-state index is -1.06. The van der Waals surface area contributed by atoms with Gasteiger partial charge < -0.3 is 20.5 Å². The maximum Gasteiger partial charge on any atom is 0.355 e. The number of thiazole rings is 1. The van der Waals surface area contributed by atoms with Crippen LogP contribution in [0.15, 0.2) is 5.38 Å². The molecule has 0 aromatic carbocycles. The summed E-state index contributed by atoms with van der Waals surface area (Å²) in [5.74, 6) is -0.466. The Hall–Kier alpha value is -1.67. The first kappa shape index (κ1) is 14.3. The molecule has 7 nitrogen and oxygen atoms in total. The number of nitrogens with zero attached hydrogens (tertiary/aromatic N) is 1. The van der Waals surface area contributed by atoms with Crippen LogP contribution in [0.5, 0.6) is 0 Å². The van der Waals surface area contributed by atoms with E-state index in [0.717, 1.165) is 6.42 Å². The summed E-state index contributed by atoms with van der Waals surface area (Å²) in [6.45, 7) is 0.923. The smallest absolute Gasteiger partial charge is 0.355 e. The Morgan fingerprint density at radius 1 is 1.43 bits per heavy atom. The second-order valence-electron chi connectivity index (χ2n) is 5.33. The van der Waals surface area contributed by atoms with Gasteiger partial charge >= 0.3 is 12.0 Å². The van der Waals surface area contributed by atoms with Gasteiger partial charge in [0.25, 0.3) is 0 Å². The molecule has 1 aromatic heterocycles. The topological polar surface area (TPSA) is 101 Å². The number of urea groups is 1. The minimum absolute atomic E-state index is 0.00944. The maximum atomic E-state index is 11.9. The molecular weight excluding hydrogens is 294 g/mol. The highest BCUT2D eigenvalue weighted by Crippen LogP contribution is 2.38. The number of aromatic nitrogens is 1. The van der Waals surface area contributed by atoms with Gasteiger partial charge in [-0.3, -0.25) is 0 Å². The molecule has 2 amide bonds. The summed E-state index contributed by atoms with van der Waals surface area (Å²) in [5.41, 5.74) is 0.00944. The van der Waals surface area contributed by atoms with Gasteiger partial charge in [-0.25, -0.2) is 14.6 Å². The number of hydrogen-bond donors (Lipinski definition) is 3. The van der Waals surface area contributed by atoms with E-state index < -0.39 is 5.97 Å². The predicted octanol–water partition coefficient (Wildman–Crippen LogP) is 1.21. The second-order valence-corrected chi connectivity index (χ2v) is 6.27. The molecular formula is C13H17N3O4S. The lowest BCUT2D eigenvalue weighted by Gasteiger charge is -2.19. The highest BCUT2D eigenvalue weighted by molar-refractivity contribution is 7.09. The lowest BCUT2D eigenvalue weighted by atomic mass is 10.1. The van der Waals surface area contributed by atoms with Crippen LogP contribution >= 0.6 is 11.3 Å². The van der Waals surface area contributed by atoms with Crippen molar-refractivity contribution in [1.82, 2.24) is 15.6 Å². The zero-order valence-corrected chi connectivity index (χ0v) is 12.2. The van der Waals surface area contributed by atoms with Crippen molar-refractivity contribution in [3.05, 3.63) is 16.1 Å². The first-order valence-electron chi connectivity index (χ1n) is 6.97. The molecule has 2 atom stereocenters. The molecule has 1 aliphatic heterocycles. The van der Waals surface area contributed by atoms with Gasteiger partial charge in [0.15, 0.2) is 5.69 Å². The van der Waals surface area contributed by atoms with Crippen molar-refractivity contribution in [3.63, 3.8) is 0 Å². The van der Waals surface area contributed by atoms with Gasteiger partial charge in [-0.05, 0) is 25.2 Å². The third-order valence-electron chi connectivity index (χ3n) is 3.71. The first-order valence-corrected chi connectivity index (χ1v) is 7.85. The van der Waals surface area contributed by atoms with E-state index in [2.05, 4.69) is 15.6 Å². The number of amides is 2. The standard InChI is InChI=1S/C13H17N3O4S/c17-12(18)9-6-21-10(15-9)5-14-13(19)16-8-3-4-20-11(8)7-1-2-7/h6-8,11H,1-5H2,(H,17,18)(H2,14,16,19). The van der Waals surface area contributed by atoms with Gasteiger partial charge in [0.2, 0.25) is 0 Å². The quantitative estimate of drug-likeness (QED) is 0.759. The summed E-state index contributed by atoms with van der Waals surface area (Å²) in [7, 11) is 0. The van der Waals surface area contributed by atoms with Crippen molar-refractivity contribution in [1.29, 1.82) is 0 Å². The third kappa shape index (κ3) is 3.51. The number of carbonyl (C=O) groups excluding carboxylic acids is 1. The molecule has 2 aliphatic rings. The van der Waals surface area contributed by atoms with Crippen LogP contribution in [-0.2, 0) is 11.3 Å². The monoisotopic (exact) mass is 311 g/mol. The number of ether oxygens (including phenoxy) is 1. The van der Waals surface area contributed by atoms with Crippen LogP contribution < -0.4 is 10.6 Å². The number of carbonyl (C=O) groups is 2. The Kier molecular flexibility index (Phi) is 4.07. The normalized spacial score (nSPS) is 24.8. The molecule has 1 aliphatic carbocycles. The fourth-order valence-corrected chi connectivity index (χ4v) is 3.23. The fraction of sp³-hybridized carbons (Fsp3) is 0.615. The first-order chi connectivity index (χ1) is 10.1. The average Bonchev–Trinajstić information content (AvgIpc) is 3.00. The van der Waals surface area contributed by atoms with E-state index in [-0.39, 0.29) is 30.4 Å². The number of hydrogen-bond acceptors (Lipinski definition) is 5. The number of nitrogens with one attached hydrogen (secondary N) is 2. The molecule has 3 N–H and O–H groups in total. The Bertz CT molecular complexity index is 543. The van der Waals surface area contributed by atoms with Gasteiger partial charge in [0, 0.05) is 12.0 Å². The molecule has 2 fully saturated rings. The summed E-state index contributed by atoms with van der Waals surface area (Å²) in [5, 5.41) is 16.5. The molecule has 0 spiro atoms. The Morgan fingerprint density at radius 3 is 2.90 bits per heavy atom. The van der Waals surface area contributed by atoms with Crippen LogP contribution in [0.25, 0.3) is 0 Å². The summed E-state index contributed by atoms with van der Waals surface area (Å²) < 4.78 is 5.66. The highest BCUT2D eigenvalue weighted by Gasteiger charge is 2.41. The van der Waals surface area contributed by atoms with E-state index in [1.165, 1.54) is 29.6 Å². The Morgan fingerprint density at radius 2 is 2.24 bits per heavy atom. The molecule has 8 heteroatoms. The summed E-state index contributed by atoms with van der Waals surface area (Å²) >= 11 is 1.22. The van der Waals surface area contributed by atoms with E-state index in [1.807, 2.05) is 0 Å². The van der Waals surface area contributed by atoms with Gasteiger partial charge in [-0.15, -0.1) is 11.3 Å². The van der Waals surface area contributed by atoms with Crippen molar-refractivity contribution >= 4 is 23.3 Å². The van der Waals surface area contributed by atoms with Crippen molar-refractivity contribution in [3.8, 4) is 0 Å². The summed E-state index contributed by atoms with van der Waals surface area (Å²) in [6.07, 6.45) is 3.35. The molecule has 2 unspecified atom stereocenters. The molecule has 21 heavy (non-hydrogen) atoms. The molecule has 1 saturated heterocycles. The SMILES string of the molecule is O=C(NCc1nc(C(=O)O)cs1)NC1CCOC1C1CC1. The van der Waals surface area contributed by atoms with Crippen molar-refractivity contribution in [2.24, 2.45) is 5.92 Å². The van der Waals surface area contributed by atoms with E-state index in [0.29, 0.717) is 17.5 Å². The van der Waals surface area contributed by atoms with E-state index in [9.17, 15) is 9.59 Å². The zero-order chi connectivity index (χ0) is 14.8. The predicted molar refractivity (Wildman–Crippen MR) is 75.3 cm³/mol. The van der Waals surface area contributed by atoms with Crippen LogP contribution in [0.3, 0.4) is 0 Å². The van der Waals surface area contributed by atoms with E-state index >= 15 is 0 Å². The Labute approximate surface area is 125 Å². The van der Waals surface area contributed by atoms with Gasteiger partial charge in [0.1, 0.15) is 5.01 Å². The van der Waals surface area contributed by atoms with Crippen LogP contribution in [0.1, 0.15) is 34.8 Å². The van der Waals surface area contributed by atoms with E-state index in [4.69, 9.17) is 9.84 Å². The van der Waals surface area contributed by atoms with Crippen LogP contribution in [0, 0.1) is 5.92 Å². The van der Waals surface area contributed by atoms with Crippen molar-refractivity contribution in [2.75, 3.05) is 6.61 Å². The average molecular weight is 311 g/mol. The molecule has 114 valence electrons. The molecule has 3 rings (SSSR count). The summed E-state index contributed by atoms with van der Waals surface area (Å²) in [6, 6.07) is -0.188. The maximum absolute atomic E-state index is 11.9. The third-order valence-corrected chi connectivity index (χ3v) is 4.56. The molecule has 0 radical (unpaired) electrons. The van der Waals surface area contributed by atoms with Gasteiger partial charge in [-0.2, -0.15) is 0 Å². The van der Waals surface area contributed by atoms with Crippen LogP contribution in [-0.4, -0.2) is 40.8 Å². The number of carboxylic acids is 1. The number of rotatable bonds is 5. The lowest BCUT2D eigenvalue weighted by molar-refractivity contribution is 0.0691. The highest BCUT2D eigenvalue weighted by atomic mass is 32.1.